The van der Waals surface area contributed by atoms with E-state index in [1.165, 1.54) is 10.6 Å². The molecule has 134 valence electrons. The number of nitrogens with zero attached hydrogens (tertiary/aromatic N) is 5. The second kappa shape index (κ2) is 6.93. The van der Waals surface area contributed by atoms with Crippen molar-refractivity contribution in [2.45, 2.75) is 13.5 Å². The normalized spacial score (nSPS) is 16.2. The molecule has 1 aromatic carbocycles. The van der Waals surface area contributed by atoms with Crippen LogP contribution in [0.1, 0.15) is 21.7 Å². The standard InChI is InChI=1S/C16H21N5O3S/c1-13-15(17-18-21(13)12-14-6-4-3-5-7-14)16(22)19-8-10-20(11-9-19)25(2,23)24/h3-7H,8-12H2,1-2H3. The lowest BCUT2D eigenvalue weighted by Crippen LogP contribution is -2.50. The lowest BCUT2D eigenvalue weighted by atomic mass is 10.2. The van der Waals surface area contributed by atoms with Crippen molar-refractivity contribution in [2.24, 2.45) is 0 Å². The van der Waals surface area contributed by atoms with Gasteiger partial charge in [-0.3, -0.25) is 4.79 Å². The Hall–Kier alpha value is -2.26. The zero-order valence-electron chi connectivity index (χ0n) is 14.3. The van der Waals surface area contributed by atoms with E-state index in [2.05, 4.69) is 10.3 Å². The Morgan fingerprint density at radius 1 is 1.12 bits per heavy atom. The Morgan fingerprint density at radius 3 is 2.36 bits per heavy atom. The van der Waals surface area contributed by atoms with Gasteiger partial charge in [-0.1, -0.05) is 35.5 Å². The van der Waals surface area contributed by atoms with Crippen molar-refractivity contribution in [2.75, 3.05) is 32.4 Å². The van der Waals surface area contributed by atoms with Crippen molar-refractivity contribution in [3.05, 3.63) is 47.3 Å². The maximum Gasteiger partial charge on any atom is 0.276 e. The number of aromatic nitrogens is 3. The predicted octanol–water partition coefficient (Wildman–Crippen LogP) is 0.352. The molecule has 0 N–H and O–H groups in total. The van der Waals surface area contributed by atoms with Crippen LogP contribution in [-0.2, 0) is 16.6 Å². The Bertz CT molecular complexity index is 855. The van der Waals surface area contributed by atoms with Gasteiger partial charge in [-0.25, -0.2) is 13.1 Å². The van der Waals surface area contributed by atoms with Crippen LogP contribution in [0.3, 0.4) is 0 Å². The molecule has 0 aliphatic carbocycles. The number of rotatable bonds is 4. The van der Waals surface area contributed by atoms with Crippen LogP contribution in [-0.4, -0.2) is 71.0 Å². The number of carbonyl (C=O) groups is 1. The van der Waals surface area contributed by atoms with E-state index in [1.54, 1.807) is 9.58 Å². The third-order valence-corrected chi connectivity index (χ3v) is 5.66. The van der Waals surface area contributed by atoms with Gasteiger partial charge < -0.3 is 4.90 Å². The topological polar surface area (TPSA) is 88.4 Å². The predicted molar refractivity (Wildman–Crippen MR) is 92.6 cm³/mol. The molecule has 8 nitrogen and oxygen atoms in total. The van der Waals surface area contributed by atoms with E-state index < -0.39 is 10.0 Å². The molecule has 0 bridgehead atoms. The lowest BCUT2D eigenvalue weighted by Gasteiger charge is -2.32. The first kappa shape index (κ1) is 17.6. The Kier molecular flexibility index (Phi) is 4.87. The van der Waals surface area contributed by atoms with E-state index in [0.717, 1.165) is 5.56 Å². The van der Waals surface area contributed by atoms with Gasteiger partial charge in [-0.05, 0) is 12.5 Å². The average Bonchev–Trinajstić information content (AvgIpc) is 2.95. The van der Waals surface area contributed by atoms with Gasteiger partial charge in [-0.2, -0.15) is 4.31 Å². The molecule has 1 aromatic heterocycles. The largest absolute Gasteiger partial charge is 0.335 e. The summed E-state index contributed by atoms with van der Waals surface area (Å²) in [5.41, 5.74) is 2.11. The molecule has 0 radical (unpaired) electrons. The molecular weight excluding hydrogens is 342 g/mol. The Morgan fingerprint density at radius 2 is 1.76 bits per heavy atom. The molecule has 3 rings (SSSR count). The molecule has 0 spiro atoms. The van der Waals surface area contributed by atoms with Crippen molar-refractivity contribution >= 4 is 15.9 Å². The van der Waals surface area contributed by atoms with Crippen LogP contribution in [0.4, 0.5) is 0 Å². The minimum atomic E-state index is -3.22. The highest BCUT2D eigenvalue weighted by atomic mass is 32.2. The Labute approximate surface area is 147 Å². The summed E-state index contributed by atoms with van der Waals surface area (Å²) in [5, 5.41) is 8.14. The molecule has 9 heteroatoms. The van der Waals surface area contributed by atoms with E-state index in [4.69, 9.17) is 0 Å². The number of hydrogen-bond donors (Lipinski definition) is 0. The SMILES string of the molecule is Cc1c(C(=O)N2CCN(S(C)(=O)=O)CC2)nnn1Cc1ccccc1. The molecule has 1 aliphatic rings. The van der Waals surface area contributed by atoms with Gasteiger partial charge in [0, 0.05) is 26.2 Å². The summed E-state index contributed by atoms with van der Waals surface area (Å²) in [6.07, 6.45) is 1.18. The number of benzene rings is 1. The van der Waals surface area contributed by atoms with E-state index in [1.807, 2.05) is 37.3 Å². The molecule has 1 fully saturated rings. The highest BCUT2D eigenvalue weighted by Crippen LogP contribution is 2.13. The second-order valence-corrected chi connectivity index (χ2v) is 8.10. The van der Waals surface area contributed by atoms with Crippen LogP contribution < -0.4 is 0 Å². The quantitative estimate of drug-likeness (QED) is 0.782. The fourth-order valence-electron chi connectivity index (χ4n) is 2.84. The third-order valence-electron chi connectivity index (χ3n) is 4.36. The summed E-state index contributed by atoms with van der Waals surface area (Å²) in [5.74, 6) is -0.204. The summed E-state index contributed by atoms with van der Waals surface area (Å²) in [6.45, 7) is 3.70. The maximum atomic E-state index is 12.7. The van der Waals surface area contributed by atoms with Gasteiger partial charge in [0.25, 0.3) is 5.91 Å². The molecule has 1 aliphatic heterocycles. The number of hydrogen-bond acceptors (Lipinski definition) is 5. The van der Waals surface area contributed by atoms with Crippen LogP contribution in [0.15, 0.2) is 30.3 Å². The van der Waals surface area contributed by atoms with Gasteiger partial charge in [0.2, 0.25) is 10.0 Å². The van der Waals surface area contributed by atoms with Gasteiger partial charge >= 0.3 is 0 Å². The molecule has 2 heterocycles. The van der Waals surface area contributed by atoms with Crippen LogP contribution in [0, 0.1) is 6.92 Å². The number of amides is 1. The molecule has 25 heavy (non-hydrogen) atoms. The van der Waals surface area contributed by atoms with Crippen molar-refractivity contribution in [3.63, 3.8) is 0 Å². The van der Waals surface area contributed by atoms with Gasteiger partial charge in [0.1, 0.15) is 0 Å². The first-order chi connectivity index (χ1) is 11.9. The zero-order valence-corrected chi connectivity index (χ0v) is 15.1. The fourth-order valence-corrected chi connectivity index (χ4v) is 3.66. The average molecular weight is 363 g/mol. The molecule has 1 amide bonds. The zero-order chi connectivity index (χ0) is 18.0. The fraction of sp³-hybridized carbons (Fsp3) is 0.438. The number of sulfonamides is 1. The van der Waals surface area contributed by atoms with Crippen molar-refractivity contribution < 1.29 is 13.2 Å². The summed E-state index contributed by atoms with van der Waals surface area (Å²) in [7, 11) is -3.22. The van der Waals surface area contributed by atoms with Crippen LogP contribution >= 0.6 is 0 Å². The first-order valence-corrected chi connectivity index (χ1v) is 9.89. The maximum absolute atomic E-state index is 12.7. The minimum absolute atomic E-state index is 0.204. The van der Waals surface area contributed by atoms with Crippen molar-refractivity contribution in [1.29, 1.82) is 0 Å². The van der Waals surface area contributed by atoms with Crippen LogP contribution in [0.25, 0.3) is 0 Å². The van der Waals surface area contributed by atoms with Gasteiger partial charge in [-0.15, -0.1) is 5.10 Å². The van der Waals surface area contributed by atoms with E-state index in [9.17, 15) is 13.2 Å². The summed E-state index contributed by atoms with van der Waals surface area (Å²) < 4.78 is 26.2. The summed E-state index contributed by atoms with van der Waals surface area (Å²) in [4.78, 5) is 14.3. The van der Waals surface area contributed by atoms with Crippen LogP contribution in [0.2, 0.25) is 0 Å². The summed E-state index contributed by atoms with van der Waals surface area (Å²) in [6, 6.07) is 9.84. The van der Waals surface area contributed by atoms with E-state index in [0.29, 0.717) is 44.1 Å². The molecule has 0 unspecified atom stereocenters. The first-order valence-electron chi connectivity index (χ1n) is 8.04. The summed E-state index contributed by atoms with van der Waals surface area (Å²) >= 11 is 0. The monoisotopic (exact) mass is 363 g/mol. The molecule has 0 saturated carbocycles. The van der Waals surface area contributed by atoms with E-state index in [-0.39, 0.29) is 5.91 Å². The van der Waals surface area contributed by atoms with Crippen molar-refractivity contribution in [1.82, 2.24) is 24.2 Å². The van der Waals surface area contributed by atoms with Crippen molar-refractivity contribution in [3.8, 4) is 0 Å². The molecule has 1 saturated heterocycles. The minimum Gasteiger partial charge on any atom is -0.335 e. The number of piperazine rings is 1. The molecule has 0 atom stereocenters. The Balaban J connectivity index is 1.69. The third kappa shape index (κ3) is 3.88. The lowest BCUT2D eigenvalue weighted by molar-refractivity contribution is 0.0691. The molecular formula is C16H21N5O3S. The molecule has 2 aromatic rings. The number of carbonyl (C=O) groups excluding carboxylic acids is 1. The van der Waals surface area contributed by atoms with Gasteiger partial charge in [0.15, 0.2) is 5.69 Å². The highest BCUT2D eigenvalue weighted by Gasteiger charge is 2.29. The smallest absolute Gasteiger partial charge is 0.276 e. The van der Waals surface area contributed by atoms with Crippen LogP contribution in [0.5, 0.6) is 0 Å². The second-order valence-electron chi connectivity index (χ2n) is 6.12. The highest BCUT2D eigenvalue weighted by molar-refractivity contribution is 7.88. The van der Waals surface area contributed by atoms with E-state index >= 15 is 0 Å². The van der Waals surface area contributed by atoms with Gasteiger partial charge in [0.05, 0.1) is 18.5 Å².